The molecule has 7 aromatic rings. The van der Waals surface area contributed by atoms with Crippen LogP contribution >= 0.6 is 0 Å². The van der Waals surface area contributed by atoms with Crippen LogP contribution in [0.5, 0.6) is 11.5 Å². The number of benzene rings is 4. The topological polar surface area (TPSA) is 44.9 Å². The van der Waals surface area contributed by atoms with Gasteiger partial charge in [0.15, 0.2) is 0 Å². The number of aryl methyl sites for hydroxylation is 1. The molecule has 4 aromatic carbocycles. The van der Waals surface area contributed by atoms with Gasteiger partial charge in [0.1, 0.15) is 17.3 Å². The first-order valence-corrected chi connectivity index (χ1v) is 20.2. The number of unbranched alkanes of at least 4 members (excludes halogenated alkanes) is 2. The summed E-state index contributed by atoms with van der Waals surface area (Å²) in [5.41, 5.74) is 10.8. The number of fused-ring (bicyclic) bond motifs is 3. The highest BCUT2D eigenvalue weighted by atomic mass is 16.5. The summed E-state index contributed by atoms with van der Waals surface area (Å²) in [5, 5.41) is 7.69. The molecule has 0 bridgehead atoms. The van der Waals surface area contributed by atoms with Crippen molar-refractivity contribution in [1.29, 1.82) is 0 Å². The van der Waals surface area contributed by atoms with Crippen molar-refractivity contribution < 1.29 is 4.74 Å². The van der Waals surface area contributed by atoms with Crippen molar-refractivity contribution in [3.8, 4) is 34.1 Å². The second-order valence-electron chi connectivity index (χ2n) is 16.0. The van der Waals surface area contributed by atoms with Crippen LogP contribution in [0.2, 0.25) is 0 Å². The van der Waals surface area contributed by atoms with Gasteiger partial charge in [-0.3, -0.25) is 4.57 Å². The summed E-state index contributed by atoms with van der Waals surface area (Å²) in [6.07, 6.45) is 10.9. The number of rotatable bonds is 14. The van der Waals surface area contributed by atoms with Gasteiger partial charge < -0.3 is 4.74 Å². The lowest BCUT2D eigenvalue weighted by molar-refractivity contribution is 0.482. The molecule has 0 fully saturated rings. The lowest BCUT2D eigenvalue weighted by Gasteiger charge is -2.20. The fourth-order valence-corrected chi connectivity index (χ4v) is 7.86. The minimum Gasteiger partial charge on any atom is -0.457 e. The first kappa shape index (κ1) is 37.2. The third-order valence-electron chi connectivity index (χ3n) is 10.8. The Morgan fingerprint density at radius 1 is 0.704 bits per heavy atom. The highest BCUT2D eigenvalue weighted by molar-refractivity contribution is 6.09. The molecule has 0 aliphatic heterocycles. The monoisotopic (exact) mass is 716 g/mol. The summed E-state index contributed by atoms with van der Waals surface area (Å²) < 4.78 is 11.2. The Balaban J connectivity index is 1.31. The molecule has 7 rings (SSSR count). The van der Waals surface area contributed by atoms with Gasteiger partial charge in [-0.1, -0.05) is 123 Å². The number of pyridine rings is 1. The number of ether oxygens (including phenoxy) is 1. The minimum atomic E-state index is 0.00155. The Morgan fingerprint density at radius 2 is 1.50 bits per heavy atom. The summed E-state index contributed by atoms with van der Waals surface area (Å²) >= 11 is 0. The number of hydrogen-bond donors (Lipinski definition) is 0. The molecule has 1 unspecified atom stereocenters. The smallest absolute Gasteiger partial charge is 0.137 e. The summed E-state index contributed by atoms with van der Waals surface area (Å²) in [6.45, 7) is 15.9. The van der Waals surface area contributed by atoms with Gasteiger partial charge in [0.05, 0.1) is 28.1 Å². The predicted octanol–water partition coefficient (Wildman–Crippen LogP) is 13.7. The Hall–Kier alpha value is -5.16. The molecular weight excluding hydrogens is 661 g/mol. The van der Waals surface area contributed by atoms with E-state index in [1.165, 1.54) is 64.4 Å². The van der Waals surface area contributed by atoms with Gasteiger partial charge >= 0.3 is 0 Å². The standard InChI is InChI=1S/C49H56N4O/c1-8-11-13-19-34(4)36-24-27-44-42(30-36)41-26-25-40(33-46(41)52(44)47-31-37(28-29-50-47)49(5,6)7)54-39-23-16-22-38(32-39)53-45(18-10-3)48(43(51-53)17-9-2)35-20-14-12-15-21-35/h12,14-16,20-34H,8-11,13,17-19H2,1-7H3. The van der Waals surface area contributed by atoms with E-state index >= 15 is 0 Å². The Morgan fingerprint density at radius 3 is 2.26 bits per heavy atom. The molecular formula is C49H56N4O. The van der Waals surface area contributed by atoms with Crippen molar-refractivity contribution in [3.05, 3.63) is 132 Å². The van der Waals surface area contributed by atoms with Gasteiger partial charge in [0, 0.05) is 34.7 Å². The molecule has 0 amide bonds. The van der Waals surface area contributed by atoms with Crippen molar-refractivity contribution in [3.63, 3.8) is 0 Å². The summed E-state index contributed by atoms with van der Waals surface area (Å²) in [4.78, 5) is 4.94. The average molecular weight is 717 g/mol. The van der Waals surface area contributed by atoms with Crippen molar-refractivity contribution in [2.75, 3.05) is 0 Å². The maximum absolute atomic E-state index is 6.72. The van der Waals surface area contributed by atoms with Gasteiger partial charge in [0.25, 0.3) is 0 Å². The van der Waals surface area contributed by atoms with Crippen LogP contribution in [-0.2, 0) is 18.3 Å². The molecule has 0 N–H and O–H groups in total. The van der Waals surface area contributed by atoms with Gasteiger partial charge in [0.2, 0.25) is 0 Å². The SMILES string of the molecule is CCCCCC(C)c1ccc2c(c1)c1ccc(Oc3cccc(-n4nc(CCC)c(-c5ccccc5)c4CCC)c3)cc1n2-c1cc(C(C)(C)C)ccn1. The summed E-state index contributed by atoms with van der Waals surface area (Å²) in [6, 6.07) is 37.0. The predicted molar refractivity (Wildman–Crippen MR) is 227 cm³/mol. The first-order valence-electron chi connectivity index (χ1n) is 20.2. The first-order chi connectivity index (χ1) is 26.2. The van der Waals surface area contributed by atoms with E-state index in [1.807, 2.05) is 12.3 Å². The van der Waals surface area contributed by atoms with Crippen molar-refractivity contribution in [2.45, 2.75) is 111 Å². The normalized spacial score (nSPS) is 12.5. The van der Waals surface area contributed by atoms with Crippen molar-refractivity contribution >= 4 is 21.8 Å². The van der Waals surface area contributed by atoms with Crippen LogP contribution in [-0.4, -0.2) is 19.3 Å². The lowest BCUT2D eigenvalue weighted by Crippen LogP contribution is -2.12. The molecule has 278 valence electrons. The molecule has 0 radical (unpaired) electrons. The molecule has 5 nitrogen and oxygen atoms in total. The molecule has 0 aliphatic carbocycles. The van der Waals surface area contributed by atoms with Crippen LogP contribution in [0.25, 0.3) is 44.4 Å². The van der Waals surface area contributed by atoms with E-state index in [-0.39, 0.29) is 5.41 Å². The maximum Gasteiger partial charge on any atom is 0.137 e. The van der Waals surface area contributed by atoms with Gasteiger partial charge in [-0.2, -0.15) is 5.10 Å². The maximum atomic E-state index is 6.72. The molecule has 1 atom stereocenters. The molecule has 0 spiro atoms. The fourth-order valence-electron chi connectivity index (χ4n) is 7.86. The average Bonchev–Trinajstić information content (AvgIpc) is 3.70. The molecule has 3 heterocycles. The van der Waals surface area contributed by atoms with Crippen molar-refractivity contribution in [1.82, 2.24) is 19.3 Å². The molecule has 54 heavy (non-hydrogen) atoms. The van der Waals surface area contributed by atoms with E-state index in [1.54, 1.807) is 0 Å². The van der Waals surface area contributed by atoms with E-state index in [2.05, 4.69) is 155 Å². The summed E-state index contributed by atoms with van der Waals surface area (Å²) in [7, 11) is 0. The van der Waals surface area contributed by atoms with Crippen LogP contribution in [0.3, 0.4) is 0 Å². The minimum absolute atomic E-state index is 0.00155. The molecule has 5 heteroatoms. The quantitative estimate of drug-likeness (QED) is 0.105. The fraction of sp³-hybridized carbons (Fsp3) is 0.347. The zero-order valence-electron chi connectivity index (χ0n) is 33.3. The molecule has 3 aromatic heterocycles. The zero-order chi connectivity index (χ0) is 37.8. The second-order valence-corrected chi connectivity index (χ2v) is 16.0. The van der Waals surface area contributed by atoms with E-state index in [4.69, 9.17) is 14.8 Å². The Labute approximate surface area is 322 Å². The van der Waals surface area contributed by atoms with Crippen LogP contribution in [0, 0.1) is 0 Å². The number of aromatic nitrogens is 4. The lowest BCUT2D eigenvalue weighted by atomic mass is 9.88. The Bertz CT molecular complexity index is 2360. The third-order valence-corrected chi connectivity index (χ3v) is 10.8. The van der Waals surface area contributed by atoms with Crippen LogP contribution in [0.4, 0.5) is 0 Å². The molecule has 0 saturated carbocycles. The van der Waals surface area contributed by atoms with E-state index in [0.29, 0.717) is 5.92 Å². The van der Waals surface area contributed by atoms with Gasteiger partial charge in [-0.05, 0) is 95.8 Å². The third kappa shape index (κ3) is 7.59. The van der Waals surface area contributed by atoms with E-state index in [9.17, 15) is 0 Å². The molecule has 0 saturated heterocycles. The van der Waals surface area contributed by atoms with Crippen molar-refractivity contribution in [2.24, 2.45) is 0 Å². The van der Waals surface area contributed by atoms with E-state index in [0.717, 1.165) is 65.4 Å². The van der Waals surface area contributed by atoms with E-state index < -0.39 is 0 Å². The highest BCUT2D eigenvalue weighted by Gasteiger charge is 2.21. The highest BCUT2D eigenvalue weighted by Crippen LogP contribution is 2.38. The van der Waals surface area contributed by atoms with Gasteiger partial charge in [-0.15, -0.1) is 0 Å². The Kier molecular flexibility index (Phi) is 11.1. The number of hydrogen-bond acceptors (Lipinski definition) is 3. The second kappa shape index (κ2) is 16.1. The largest absolute Gasteiger partial charge is 0.457 e. The van der Waals surface area contributed by atoms with Gasteiger partial charge in [-0.25, -0.2) is 9.67 Å². The van der Waals surface area contributed by atoms with Crippen LogP contribution in [0.1, 0.15) is 115 Å². The van der Waals surface area contributed by atoms with Crippen LogP contribution < -0.4 is 4.74 Å². The number of nitrogens with zero attached hydrogens (tertiary/aromatic N) is 4. The van der Waals surface area contributed by atoms with Crippen LogP contribution in [0.15, 0.2) is 109 Å². The molecule has 0 aliphatic rings. The summed E-state index contributed by atoms with van der Waals surface area (Å²) in [5.74, 6) is 2.99. The zero-order valence-corrected chi connectivity index (χ0v) is 33.3.